The van der Waals surface area contributed by atoms with E-state index in [4.69, 9.17) is 0 Å². The van der Waals surface area contributed by atoms with Crippen LogP contribution >= 0.6 is 11.8 Å². The molecule has 2 saturated carbocycles. The van der Waals surface area contributed by atoms with E-state index in [-0.39, 0.29) is 12.1 Å². The third-order valence-corrected chi connectivity index (χ3v) is 7.10. The van der Waals surface area contributed by atoms with Gasteiger partial charge in [-0.2, -0.15) is 11.8 Å². The molecule has 0 aliphatic heterocycles. The Kier molecular flexibility index (Phi) is 12.1. The fraction of sp³-hybridized carbons (Fsp3) is 0.696. The molecule has 0 unspecified atom stereocenters. The second kappa shape index (κ2) is 14.8. The number of hydrogen-bond acceptors (Lipinski definition) is 8. The average molecular weight is 497 g/mol. The maximum atomic E-state index is 11.0. The molecule has 0 bridgehead atoms. The summed E-state index contributed by atoms with van der Waals surface area (Å²) in [6.45, 7) is 0. The number of thioether (sulfide) groups is 1. The third-order valence-electron chi connectivity index (χ3n) is 6.46. The Balaban J connectivity index is 0.000000266. The molecule has 1 aromatic carbocycles. The van der Waals surface area contributed by atoms with Crippen LogP contribution in [0.2, 0.25) is 0 Å². The van der Waals surface area contributed by atoms with Crippen molar-refractivity contribution in [1.29, 1.82) is 0 Å². The van der Waals surface area contributed by atoms with Gasteiger partial charge in [-0.3, -0.25) is 20.2 Å². The maximum Gasteiger partial charge on any atom is 0.299 e. The molecule has 2 aliphatic carbocycles. The van der Waals surface area contributed by atoms with Gasteiger partial charge in [-0.15, -0.1) is 0 Å². The lowest BCUT2D eigenvalue weighted by atomic mass is 9.91. The van der Waals surface area contributed by atoms with Crippen molar-refractivity contribution in [1.82, 2.24) is 0 Å². The number of rotatable bonds is 10. The Labute approximate surface area is 204 Å². The van der Waals surface area contributed by atoms with Gasteiger partial charge >= 0.3 is 0 Å². The molecule has 0 saturated heterocycles. The van der Waals surface area contributed by atoms with Crippen molar-refractivity contribution in [3.8, 4) is 0 Å². The topological polar surface area (TPSA) is 155 Å². The predicted octanol–water partition coefficient (Wildman–Crippen LogP) is 3.00. The van der Waals surface area contributed by atoms with Gasteiger partial charge < -0.3 is 20.5 Å². The summed E-state index contributed by atoms with van der Waals surface area (Å²) in [7, 11) is 0. The molecule has 2 fully saturated rings. The molecule has 190 valence electrons. The van der Waals surface area contributed by atoms with Gasteiger partial charge in [0.05, 0.1) is 40.0 Å². The number of anilines is 1. The number of nitrogens with one attached hydrogen (secondary N) is 1. The van der Waals surface area contributed by atoms with E-state index < -0.39 is 33.2 Å². The number of carbonyl (C=O) groups is 1. The highest BCUT2D eigenvalue weighted by Crippen LogP contribution is 2.29. The van der Waals surface area contributed by atoms with E-state index in [0.29, 0.717) is 5.75 Å². The molecule has 0 amide bonds. The van der Waals surface area contributed by atoms with Gasteiger partial charge in [0.25, 0.3) is 11.4 Å². The first kappa shape index (κ1) is 27.8. The smallest absolute Gasteiger partial charge is 0.299 e. The molecule has 3 rings (SSSR count). The number of benzene rings is 1. The van der Waals surface area contributed by atoms with Gasteiger partial charge in [0.15, 0.2) is 0 Å². The van der Waals surface area contributed by atoms with Crippen molar-refractivity contribution in [2.45, 2.75) is 88.8 Å². The fourth-order valence-corrected chi connectivity index (χ4v) is 5.09. The number of nitrogens with zero attached hydrogens (tertiary/aromatic N) is 2. The molecular weight excluding hydrogens is 460 g/mol. The zero-order valence-corrected chi connectivity index (χ0v) is 20.6. The molecule has 0 spiro atoms. The number of hydrogen-bond donors (Lipinski definition) is 2. The molecule has 2 aliphatic rings. The Morgan fingerprint density at radius 1 is 1.03 bits per heavy atom. The molecule has 10 nitrogen and oxygen atoms in total. The number of carboxylic acid groups (broad SMARTS) is 1. The van der Waals surface area contributed by atoms with Crippen molar-refractivity contribution in [2.75, 3.05) is 17.3 Å². The maximum absolute atomic E-state index is 11.0. The van der Waals surface area contributed by atoms with Gasteiger partial charge in [0, 0.05) is 6.07 Å². The summed E-state index contributed by atoms with van der Waals surface area (Å²) in [5.74, 6) is -0.872. The Hall–Kier alpha value is -2.40. The van der Waals surface area contributed by atoms with Crippen molar-refractivity contribution in [2.24, 2.45) is 0 Å². The average Bonchev–Trinajstić information content (AvgIpc) is 2.83. The van der Waals surface area contributed by atoms with E-state index in [9.17, 15) is 30.1 Å². The lowest BCUT2D eigenvalue weighted by Crippen LogP contribution is -2.95. The van der Waals surface area contributed by atoms with Gasteiger partial charge in [0.1, 0.15) is 5.69 Å². The summed E-state index contributed by atoms with van der Waals surface area (Å²) in [5, 5.41) is 37.8. The first-order valence-electron chi connectivity index (χ1n) is 12.1. The number of aliphatic carboxylic acids is 1. The largest absolute Gasteiger partial charge is 0.548 e. The van der Waals surface area contributed by atoms with Crippen molar-refractivity contribution >= 4 is 34.8 Å². The highest BCUT2D eigenvalue weighted by Gasteiger charge is 2.23. The normalized spacial score (nSPS) is 17.8. The summed E-state index contributed by atoms with van der Waals surface area (Å²) >= 11 is 1.42. The van der Waals surface area contributed by atoms with Crippen molar-refractivity contribution < 1.29 is 25.1 Å². The predicted molar refractivity (Wildman–Crippen MR) is 131 cm³/mol. The van der Waals surface area contributed by atoms with Crippen LogP contribution in [-0.2, 0) is 4.79 Å². The molecule has 0 radical (unpaired) electrons. The molecule has 0 heterocycles. The van der Waals surface area contributed by atoms with E-state index >= 15 is 0 Å². The van der Waals surface area contributed by atoms with Crippen LogP contribution in [0.15, 0.2) is 18.2 Å². The Bertz CT molecular complexity index is 797. The molecule has 1 aromatic rings. The van der Waals surface area contributed by atoms with E-state index in [2.05, 4.69) is 10.6 Å². The van der Waals surface area contributed by atoms with Crippen LogP contribution in [0.3, 0.4) is 0 Å². The highest BCUT2D eigenvalue weighted by atomic mass is 32.2. The highest BCUT2D eigenvalue weighted by molar-refractivity contribution is 7.98. The molecule has 11 heteroatoms. The van der Waals surface area contributed by atoms with Crippen molar-refractivity contribution in [3.05, 3.63) is 38.4 Å². The quantitative estimate of drug-likeness (QED) is 0.370. The molecule has 3 N–H and O–H groups in total. The van der Waals surface area contributed by atoms with Crippen LogP contribution in [0.25, 0.3) is 0 Å². The number of quaternary nitrogens is 1. The first-order chi connectivity index (χ1) is 16.3. The molecule has 0 aromatic heterocycles. The lowest BCUT2D eigenvalue weighted by molar-refractivity contribution is -0.725. The van der Waals surface area contributed by atoms with Crippen LogP contribution < -0.4 is 15.7 Å². The number of nitro benzene ring substituents is 2. The summed E-state index contributed by atoms with van der Waals surface area (Å²) in [4.78, 5) is 31.0. The van der Waals surface area contributed by atoms with Crippen LogP contribution in [0.4, 0.5) is 17.1 Å². The van der Waals surface area contributed by atoms with E-state index in [0.717, 1.165) is 30.3 Å². The number of carbonyl (C=O) groups excluding carboxylic acids is 1. The van der Waals surface area contributed by atoms with Gasteiger partial charge in [-0.1, -0.05) is 12.8 Å². The fourth-order valence-electron chi connectivity index (χ4n) is 4.62. The standard InChI is InChI=1S/C12H23N.C11H13N3O6S/c1-3-7-11(8-4-1)13-12-9-5-2-6-10-12;1-21-5-4-9(11(15)16)12-8-3-2-7(13(17)18)6-10(8)14(19)20/h11-13H,1-10H2;2-3,6,9,12H,4-5H2,1H3,(H,15,16)/t;9-/m.0/s1. The van der Waals surface area contributed by atoms with Gasteiger partial charge in [0.2, 0.25) is 0 Å². The number of nitrogens with two attached hydrogens (primary N) is 1. The molecule has 1 atom stereocenters. The number of nitro groups is 2. The van der Waals surface area contributed by atoms with Crippen LogP contribution in [-0.4, -0.2) is 46.0 Å². The van der Waals surface area contributed by atoms with Gasteiger partial charge in [-0.05, 0) is 75.9 Å². The SMILES string of the molecule is C1CCC([NH2+]C2CCCCC2)CC1.CSCC[C@H](Nc1ccc([N+](=O)[O-])cc1[N+](=O)[O-])C(=O)[O-]. The molecular formula is C23H36N4O6S. The monoisotopic (exact) mass is 496 g/mol. The van der Waals surface area contributed by atoms with Crippen LogP contribution in [0, 0.1) is 20.2 Å². The van der Waals surface area contributed by atoms with E-state index in [1.165, 1.54) is 76.0 Å². The second-order valence-electron chi connectivity index (χ2n) is 9.00. The first-order valence-corrected chi connectivity index (χ1v) is 13.4. The van der Waals surface area contributed by atoms with Crippen LogP contribution in [0.1, 0.15) is 70.6 Å². The number of non-ortho nitro benzene ring substituents is 1. The van der Waals surface area contributed by atoms with E-state index in [1.807, 2.05) is 0 Å². The van der Waals surface area contributed by atoms with Gasteiger partial charge in [-0.25, -0.2) is 0 Å². The zero-order chi connectivity index (χ0) is 24.9. The number of carboxylic acids is 1. The summed E-state index contributed by atoms with van der Waals surface area (Å²) in [6.07, 6.45) is 17.0. The summed E-state index contributed by atoms with van der Waals surface area (Å²) in [6, 6.07) is 3.84. The minimum absolute atomic E-state index is 0.0964. The van der Waals surface area contributed by atoms with E-state index in [1.54, 1.807) is 6.26 Å². The van der Waals surface area contributed by atoms with Crippen LogP contribution in [0.5, 0.6) is 0 Å². The van der Waals surface area contributed by atoms with Crippen molar-refractivity contribution in [3.63, 3.8) is 0 Å². The third kappa shape index (κ3) is 9.46. The minimum Gasteiger partial charge on any atom is -0.548 e. The Morgan fingerprint density at radius 3 is 2.03 bits per heavy atom. The molecule has 34 heavy (non-hydrogen) atoms. The lowest BCUT2D eigenvalue weighted by Gasteiger charge is -2.27. The summed E-state index contributed by atoms with van der Waals surface area (Å²) in [5.41, 5.74) is -1.10. The Morgan fingerprint density at radius 2 is 1.59 bits per heavy atom. The zero-order valence-electron chi connectivity index (χ0n) is 19.8. The minimum atomic E-state index is -1.39. The second-order valence-corrected chi connectivity index (χ2v) is 9.99. The summed E-state index contributed by atoms with van der Waals surface area (Å²) < 4.78 is 0.